The molecule has 5 nitrogen and oxygen atoms in total. The Morgan fingerprint density at radius 2 is 1.67 bits per heavy atom. The molecule has 27 heavy (non-hydrogen) atoms. The number of nitrogens with two attached hydrogens (primary N) is 1. The van der Waals surface area contributed by atoms with Crippen LogP contribution in [-0.4, -0.2) is 15.9 Å². The summed E-state index contributed by atoms with van der Waals surface area (Å²) >= 11 is 0. The molecule has 0 bridgehead atoms. The summed E-state index contributed by atoms with van der Waals surface area (Å²) in [6, 6.07) is 22.0. The summed E-state index contributed by atoms with van der Waals surface area (Å²) in [5.41, 5.74) is 11.8. The van der Waals surface area contributed by atoms with Crippen molar-refractivity contribution in [2.24, 2.45) is 5.73 Å². The summed E-state index contributed by atoms with van der Waals surface area (Å²) in [6.07, 6.45) is 0.807. The average molecular weight is 357 g/mol. The van der Waals surface area contributed by atoms with Gasteiger partial charge < -0.3 is 15.7 Å². The number of hydrogen-bond acceptors (Lipinski definition) is 2. The molecule has 4 rings (SSSR count). The number of hydrogen-bond donors (Lipinski definition) is 3. The Morgan fingerprint density at radius 1 is 0.852 bits per heavy atom. The molecule has 0 aliphatic heterocycles. The van der Waals surface area contributed by atoms with E-state index in [1.54, 1.807) is 0 Å². The lowest BCUT2D eigenvalue weighted by molar-refractivity contribution is -0.117. The van der Waals surface area contributed by atoms with Gasteiger partial charge in [0.1, 0.15) is 0 Å². The van der Waals surface area contributed by atoms with Gasteiger partial charge >= 0.3 is 5.69 Å². The Labute approximate surface area is 155 Å². The number of nitrogens with one attached hydrogen (secondary N) is 2. The van der Waals surface area contributed by atoms with Crippen molar-refractivity contribution in [3.63, 3.8) is 0 Å². The van der Waals surface area contributed by atoms with E-state index >= 15 is 0 Å². The van der Waals surface area contributed by atoms with E-state index in [0.29, 0.717) is 6.42 Å². The third-order valence-electron chi connectivity index (χ3n) is 4.69. The first-order valence-electron chi connectivity index (χ1n) is 8.80. The maximum atomic E-state index is 11.7. The fourth-order valence-electron chi connectivity index (χ4n) is 3.41. The fraction of sp³-hybridized carbons (Fsp3) is 0.0909. The number of H-pyrrole nitrogens is 2. The van der Waals surface area contributed by atoms with Gasteiger partial charge in [-0.25, -0.2) is 4.79 Å². The molecule has 0 fully saturated rings. The van der Waals surface area contributed by atoms with Gasteiger partial charge in [-0.05, 0) is 34.7 Å². The van der Waals surface area contributed by atoms with Crippen LogP contribution >= 0.6 is 0 Å². The quantitative estimate of drug-likeness (QED) is 0.509. The van der Waals surface area contributed by atoms with Gasteiger partial charge in [-0.1, -0.05) is 60.7 Å². The number of aryl methyl sites for hydroxylation is 1. The Morgan fingerprint density at radius 3 is 2.44 bits per heavy atom. The van der Waals surface area contributed by atoms with Crippen LogP contribution in [0.2, 0.25) is 0 Å². The molecule has 1 heterocycles. The first-order chi connectivity index (χ1) is 13.1. The lowest BCUT2D eigenvalue weighted by atomic mass is 9.92. The summed E-state index contributed by atoms with van der Waals surface area (Å²) in [7, 11) is 0. The van der Waals surface area contributed by atoms with Crippen molar-refractivity contribution in [2.75, 3.05) is 0 Å². The molecule has 5 heteroatoms. The minimum Gasteiger partial charge on any atom is -0.370 e. The molecule has 0 saturated carbocycles. The first-order valence-corrected chi connectivity index (χ1v) is 8.80. The number of aromatic amines is 2. The van der Waals surface area contributed by atoms with Crippen LogP contribution in [0.15, 0.2) is 71.5 Å². The topological polar surface area (TPSA) is 91.7 Å². The number of aromatic nitrogens is 2. The van der Waals surface area contributed by atoms with Crippen molar-refractivity contribution < 1.29 is 4.79 Å². The molecule has 3 aromatic carbocycles. The number of para-hydroxylation sites is 1. The minimum atomic E-state index is -0.334. The number of fused-ring (bicyclic) bond motifs is 1. The van der Waals surface area contributed by atoms with Crippen molar-refractivity contribution in [1.29, 1.82) is 0 Å². The van der Waals surface area contributed by atoms with Crippen LogP contribution < -0.4 is 11.4 Å². The highest BCUT2D eigenvalue weighted by molar-refractivity contribution is 5.93. The first kappa shape index (κ1) is 16.8. The number of benzene rings is 3. The Hall–Kier alpha value is -3.60. The van der Waals surface area contributed by atoms with Crippen molar-refractivity contribution in [3.8, 4) is 22.3 Å². The van der Waals surface area contributed by atoms with Crippen molar-refractivity contribution in [3.05, 3.63) is 82.8 Å². The van der Waals surface area contributed by atoms with Crippen LogP contribution in [0.25, 0.3) is 33.3 Å². The number of carbonyl (C=O) groups is 1. The molecule has 134 valence electrons. The third-order valence-corrected chi connectivity index (χ3v) is 4.69. The van der Waals surface area contributed by atoms with Crippen LogP contribution in [0.1, 0.15) is 12.0 Å². The highest BCUT2D eigenvalue weighted by Gasteiger charge is 2.13. The average Bonchev–Trinajstić information content (AvgIpc) is 3.07. The number of amides is 1. The van der Waals surface area contributed by atoms with E-state index in [-0.39, 0.29) is 18.0 Å². The van der Waals surface area contributed by atoms with Gasteiger partial charge in [-0.2, -0.15) is 0 Å². The predicted molar refractivity (Wildman–Crippen MR) is 107 cm³/mol. The second-order valence-electron chi connectivity index (χ2n) is 6.51. The van der Waals surface area contributed by atoms with Gasteiger partial charge in [0.05, 0.1) is 11.0 Å². The van der Waals surface area contributed by atoms with Gasteiger partial charge in [0.2, 0.25) is 5.91 Å². The van der Waals surface area contributed by atoms with Gasteiger partial charge in [0, 0.05) is 12.0 Å². The van der Waals surface area contributed by atoms with E-state index in [0.717, 1.165) is 38.9 Å². The highest BCUT2D eigenvalue weighted by Crippen LogP contribution is 2.32. The molecule has 1 amide bonds. The standard InChI is InChI=1S/C22H19N3O2/c23-20(26)12-10-16-13-15(14-5-2-1-3-6-14)9-11-17(16)18-7-4-8-19-21(18)25-22(27)24-19/h1-9,11,13H,10,12H2,(H2,23,26)(H2,24,25,27). The van der Waals surface area contributed by atoms with E-state index in [4.69, 9.17) is 5.73 Å². The number of rotatable bonds is 5. The van der Waals surface area contributed by atoms with E-state index in [1.165, 1.54) is 0 Å². The summed E-state index contributed by atoms with van der Waals surface area (Å²) < 4.78 is 0. The molecule has 0 unspecified atom stereocenters. The molecular weight excluding hydrogens is 338 g/mol. The molecule has 0 radical (unpaired) electrons. The minimum absolute atomic E-state index is 0.239. The molecular formula is C22H19N3O2. The highest BCUT2D eigenvalue weighted by atomic mass is 16.1. The monoisotopic (exact) mass is 357 g/mol. The smallest absolute Gasteiger partial charge is 0.323 e. The van der Waals surface area contributed by atoms with Crippen LogP contribution in [0, 0.1) is 0 Å². The van der Waals surface area contributed by atoms with E-state index < -0.39 is 0 Å². The zero-order chi connectivity index (χ0) is 18.8. The summed E-state index contributed by atoms with van der Waals surface area (Å²) in [5, 5.41) is 0. The van der Waals surface area contributed by atoms with Crippen LogP contribution in [-0.2, 0) is 11.2 Å². The zero-order valence-electron chi connectivity index (χ0n) is 14.7. The normalized spacial score (nSPS) is 11.0. The lowest BCUT2D eigenvalue weighted by Crippen LogP contribution is -2.11. The van der Waals surface area contributed by atoms with Gasteiger partial charge in [0.25, 0.3) is 0 Å². The molecule has 1 aromatic heterocycles. The van der Waals surface area contributed by atoms with E-state index in [9.17, 15) is 9.59 Å². The number of imidazole rings is 1. The second-order valence-corrected chi connectivity index (χ2v) is 6.51. The predicted octanol–water partition coefficient (Wildman–Crippen LogP) is 3.61. The largest absolute Gasteiger partial charge is 0.370 e. The van der Waals surface area contributed by atoms with Crippen molar-refractivity contribution >= 4 is 16.9 Å². The zero-order valence-corrected chi connectivity index (χ0v) is 14.7. The Balaban J connectivity index is 1.88. The van der Waals surface area contributed by atoms with Crippen molar-refractivity contribution in [1.82, 2.24) is 9.97 Å². The molecule has 4 N–H and O–H groups in total. The molecule has 0 spiro atoms. The van der Waals surface area contributed by atoms with Crippen LogP contribution in [0.5, 0.6) is 0 Å². The van der Waals surface area contributed by atoms with E-state index in [2.05, 4.69) is 34.2 Å². The van der Waals surface area contributed by atoms with Crippen LogP contribution in [0.3, 0.4) is 0 Å². The number of primary amides is 1. The second kappa shape index (κ2) is 6.96. The molecule has 0 atom stereocenters. The molecule has 0 aliphatic rings. The molecule has 0 aliphatic carbocycles. The van der Waals surface area contributed by atoms with Gasteiger partial charge in [-0.3, -0.25) is 4.79 Å². The fourth-order valence-corrected chi connectivity index (χ4v) is 3.41. The summed E-state index contributed by atoms with van der Waals surface area (Å²) in [5.74, 6) is -0.334. The molecule has 4 aromatic rings. The number of carbonyl (C=O) groups excluding carboxylic acids is 1. The summed E-state index contributed by atoms with van der Waals surface area (Å²) in [6.45, 7) is 0. The van der Waals surface area contributed by atoms with E-state index in [1.807, 2.05) is 42.5 Å². The van der Waals surface area contributed by atoms with Gasteiger partial charge in [0.15, 0.2) is 0 Å². The summed E-state index contributed by atoms with van der Waals surface area (Å²) in [4.78, 5) is 28.8. The maximum absolute atomic E-state index is 11.7. The maximum Gasteiger partial charge on any atom is 0.323 e. The lowest BCUT2D eigenvalue weighted by Gasteiger charge is -2.13. The van der Waals surface area contributed by atoms with Crippen molar-refractivity contribution in [2.45, 2.75) is 12.8 Å². The third kappa shape index (κ3) is 3.40. The van der Waals surface area contributed by atoms with Crippen LogP contribution in [0.4, 0.5) is 0 Å². The Kier molecular flexibility index (Phi) is 4.34. The Bertz CT molecular complexity index is 1170. The molecule has 0 saturated heterocycles. The SMILES string of the molecule is NC(=O)CCc1cc(-c2ccccc2)ccc1-c1cccc2[nH]c(=O)[nH]c12. The van der Waals surface area contributed by atoms with Gasteiger partial charge in [-0.15, -0.1) is 0 Å².